The second-order valence-electron chi connectivity index (χ2n) is 1.11. The molecular weight excluding hydrogens is 108 g/mol. The number of imidazole rings is 1. The fourth-order valence-electron chi connectivity index (χ4n) is 0.355. The third-order valence-electron chi connectivity index (χ3n) is 0.691. The van der Waals surface area contributed by atoms with Crippen molar-refractivity contribution in [3.05, 3.63) is 18.7 Å². The van der Waals surface area contributed by atoms with Crippen LogP contribution in [-0.4, -0.2) is 15.2 Å². The van der Waals surface area contributed by atoms with Gasteiger partial charge in [-0.3, -0.25) is 3.97 Å². The Morgan fingerprint density at radius 2 is 2.57 bits per heavy atom. The minimum Gasteiger partial charge on any atom is -0.280 e. The Balaban J connectivity index is 2.76. The van der Waals surface area contributed by atoms with Crippen LogP contribution in [-0.2, 0) is 0 Å². The first-order valence-electron chi connectivity index (χ1n) is 1.96. The Morgan fingerprint density at radius 1 is 1.71 bits per heavy atom. The number of hydrogen-bond donors (Lipinski definition) is 0. The zero-order valence-corrected chi connectivity index (χ0v) is 4.85. The van der Waals surface area contributed by atoms with Crippen LogP contribution in [0.1, 0.15) is 0 Å². The average molecular weight is 114 g/mol. The summed E-state index contributed by atoms with van der Waals surface area (Å²) < 4.78 is 1.93. The van der Waals surface area contributed by atoms with Gasteiger partial charge in [0.2, 0.25) is 0 Å². The molecule has 0 saturated heterocycles. The molecule has 0 unspecified atom stereocenters. The minimum absolute atomic E-state index is 1.63. The van der Waals surface area contributed by atoms with Gasteiger partial charge in [0.15, 0.2) is 0 Å². The van der Waals surface area contributed by atoms with E-state index in [1.165, 1.54) is 0 Å². The summed E-state index contributed by atoms with van der Waals surface area (Å²) in [6, 6.07) is 0. The maximum absolute atomic E-state index is 3.84. The highest BCUT2D eigenvalue weighted by atomic mass is 32.2. The van der Waals surface area contributed by atoms with E-state index in [9.17, 15) is 0 Å². The zero-order valence-electron chi connectivity index (χ0n) is 4.03. The lowest BCUT2D eigenvalue weighted by Gasteiger charge is -1.86. The van der Waals surface area contributed by atoms with E-state index >= 15 is 0 Å². The van der Waals surface area contributed by atoms with Gasteiger partial charge in [-0.05, 0) is 11.9 Å². The Kier molecular flexibility index (Phi) is 1.36. The first kappa shape index (κ1) is 4.71. The van der Waals surface area contributed by atoms with Gasteiger partial charge in [-0.15, -0.1) is 0 Å². The second kappa shape index (κ2) is 2.02. The quantitative estimate of drug-likeness (QED) is 0.542. The summed E-state index contributed by atoms with van der Waals surface area (Å²) in [5.41, 5.74) is 0. The monoisotopic (exact) mass is 114 g/mol. The Bertz CT molecular complexity index is 124. The fraction of sp³-hybridized carbons (Fsp3) is 0.250. The minimum atomic E-state index is 1.63. The van der Waals surface area contributed by atoms with Gasteiger partial charge in [0, 0.05) is 18.6 Å². The van der Waals surface area contributed by atoms with Crippen molar-refractivity contribution >= 4 is 11.9 Å². The van der Waals surface area contributed by atoms with Gasteiger partial charge in [-0.1, -0.05) is 0 Å². The summed E-state index contributed by atoms with van der Waals surface area (Å²) in [6.07, 6.45) is 7.44. The molecule has 0 atom stereocenters. The van der Waals surface area contributed by atoms with Crippen molar-refractivity contribution in [2.24, 2.45) is 0 Å². The van der Waals surface area contributed by atoms with Crippen molar-refractivity contribution in [3.8, 4) is 0 Å². The molecule has 3 heteroatoms. The van der Waals surface area contributed by atoms with Gasteiger partial charge in [0.1, 0.15) is 6.33 Å². The van der Waals surface area contributed by atoms with E-state index in [2.05, 4.69) is 4.98 Å². The summed E-state index contributed by atoms with van der Waals surface area (Å²) in [5.74, 6) is 0. The van der Waals surface area contributed by atoms with E-state index in [1.54, 1.807) is 24.5 Å². The van der Waals surface area contributed by atoms with Crippen LogP contribution in [0.15, 0.2) is 18.7 Å². The lowest BCUT2D eigenvalue weighted by Crippen LogP contribution is -1.73. The van der Waals surface area contributed by atoms with Crippen molar-refractivity contribution < 1.29 is 0 Å². The molecule has 1 aromatic rings. The summed E-state index contributed by atoms with van der Waals surface area (Å²) >= 11 is 1.63. The number of aromatic nitrogens is 2. The van der Waals surface area contributed by atoms with Crippen molar-refractivity contribution in [3.63, 3.8) is 0 Å². The van der Waals surface area contributed by atoms with Crippen molar-refractivity contribution in [2.75, 3.05) is 6.26 Å². The van der Waals surface area contributed by atoms with E-state index in [1.807, 2.05) is 16.4 Å². The fourth-order valence-corrected chi connectivity index (χ4v) is 0.680. The summed E-state index contributed by atoms with van der Waals surface area (Å²) in [5, 5.41) is 0. The van der Waals surface area contributed by atoms with E-state index in [4.69, 9.17) is 0 Å². The van der Waals surface area contributed by atoms with Crippen LogP contribution in [0, 0.1) is 0 Å². The van der Waals surface area contributed by atoms with Gasteiger partial charge in [0.25, 0.3) is 0 Å². The molecule has 7 heavy (non-hydrogen) atoms. The molecule has 1 rings (SSSR count). The lowest BCUT2D eigenvalue weighted by molar-refractivity contribution is 1.24. The van der Waals surface area contributed by atoms with Gasteiger partial charge >= 0.3 is 0 Å². The standard InChI is InChI=1S/C4H6N2S/c1-7-6-3-2-5-4-6/h2-4H,1H3. The molecule has 1 aromatic heterocycles. The topological polar surface area (TPSA) is 17.8 Å². The molecule has 0 N–H and O–H groups in total. The normalized spacial score (nSPS) is 9.29. The summed E-state index contributed by atoms with van der Waals surface area (Å²) in [6.45, 7) is 0. The van der Waals surface area contributed by atoms with Crippen LogP contribution in [0.2, 0.25) is 0 Å². The SMILES string of the molecule is CSn1ccnc1. The van der Waals surface area contributed by atoms with Crippen LogP contribution in [0.25, 0.3) is 0 Å². The largest absolute Gasteiger partial charge is 0.280 e. The Labute approximate surface area is 46.7 Å². The van der Waals surface area contributed by atoms with E-state index < -0.39 is 0 Å². The Hall–Kier alpha value is -0.440. The Morgan fingerprint density at radius 3 is 2.86 bits per heavy atom. The third kappa shape index (κ3) is 0.962. The van der Waals surface area contributed by atoms with Crippen LogP contribution in [0.4, 0.5) is 0 Å². The number of nitrogens with zero attached hydrogens (tertiary/aromatic N) is 2. The molecule has 1 heterocycles. The predicted octanol–water partition coefficient (Wildman–Crippen LogP) is 1.01. The van der Waals surface area contributed by atoms with Crippen molar-refractivity contribution in [1.29, 1.82) is 0 Å². The van der Waals surface area contributed by atoms with Gasteiger partial charge < -0.3 is 0 Å². The molecule has 0 aliphatic rings. The van der Waals surface area contributed by atoms with Crippen LogP contribution < -0.4 is 0 Å². The third-order valence-corrected chi connectivity index (χ3v) is 1.33. The first-order valence-corrected chi connectivity index (χ1v) is 3.14. The molecule has 0 fully saturated rings. The highest BCUT2D eigenvalue weighted by molar-refractivity contribution is 7.97. The maximum Gasteiger partial charge on any atom is 0.105 e. The number of rotatable bonds is 1. The van der Waals surface area contributed by atoms with E-state index in [0.29, 0.717) is 0 Å². The molecule has 0 aromatic carbocycles. The zero-order chi connectivity index (χ0) is 5.11. The van der Waals surface area contributed by atoms with E-state index in [0.717, 1.165) is 0 Å². The van der Waals surface area contributed by atoms with Gasteiger partial charge in [-0.2, -0.15) is 0 Å². The smallest absolute Gasteiger partial charge is 0.105 e. The van der Waals surface area contributed by atoms with Crippen LogP contribution >= 0.6 is 11.9 Å². The van der Waals surface area contributed by atoms with Crippen LogP contribution in [0.3, 0.4) is 0 Å². The number of hydrogen-bond acceptors (Lipinski definition) is 2. The van der Waals surface area contributed by atoms with Crippen molar-refractivity contribution in [2.45, 2.75) is 0 Å². The first-order chi connectivity index (χ1) is 3.43. The highest BCUT2D eigenvalue weighted by Gasteiger charge is 1.77. The molecule has 0 aliphatic carbocycles. The maximum atomic E-state index is 3.84. The highest BCUT2D eigenvalue weighted by Crippen LogP contribution is 1.95. The van der Waals surface area contributed by atoms with Gasteiger partial charge in [0.05, 0.1) is 0 Å². The summed E-state index contributed by atoms with van der Waals surface area (Å²) in [4.78, 5) is 3.84. The molecule has 0 aliphatic heterocycles. The molecule has 0 bridgehead atoms. The lowest BCUT2D eigenvalue weighted by atomic mass is 11.0. The molecule has 0 saturated carbocycles. The molecular formula is C4H6N2S. The molecule has 0 amide bonds. The van der Waals surface area contributed by atoms with Gasteiger partial charge in [-0.25, -0.2) is 4.98 Å². The summed E-state index contributed by atoms with van der Waals surface area (Å²) in [7, 11) is 0. The van der Waals surface area contributed by atoms with E-state index in [-0.39, 0.29) is 0 Å². The molecule has 38 valence electrons. The molecule has 0 spiro atoms. The van der Waals surface area contributed by atoms with Crippen molar-refractivity contribution in [1.82, 2.24) is 8.96 Å². The predicted molar refractivity (Wildman–Crippen MR) is 31.1 cm³/mol. The molecule has 2 nitrogen and oxygen atoms in total. The average Bonchev–Trinajstić information content (AvgIpc) is 2.14. The molecule has 0 radical (unpaired) electrons. The van der Waals surface area contributed by atoms with Crippen LogP contribution in [0.5, 0.6) is 0 Å². The second-order valence-corrected chi connectivity index (χ2v) is 1.89.